The van der Waals surface area contributed by atoms with Gasteiger partial charge in [-0.3, -0.25) is 4.79 Å². The number of carbonyl (C=O) groups is 1. The van der Waals surface area contributed by atoms with Crippen LogP contribution in [-0.2, 0) is 20.3 Å². The van der Waals surface area contributed by atoms with E-state index in [0.717, 1.165) is 22.6 Å². The third-order valence-electron chi connectivity index (χ3n) is 2.61. The Labute approximate surface area is 116 Å². The number of nitrogens with one attached hydrogen (secondary N) is 1. The van der Waals surface area contributed by atoms with Gasteiger partial charge in [-0.2, -0.15) is 0 Å². The molecule has 0 bridgehead atoms. The van der Waals surface area contributed by atoms with Gasteiger partial charge in [0.2, 0.25) is 5.91 Å². The number of hydrogen-bond acceptors (Lipinski definition) is 4. The predicted molar refractivity (Wildman–Crippen MR) is 73.5 cm³/mol. The molecule has 1 unspecified atom stereocenters. The fourth-order valence-electron chi connectivity index (χ4n) is 1.29. The SMILES string of the molecule is CCC(C)C(=O)NCCc1ccc(S(=O)(=O)Cl)s1. The highest BCUT2D eigenvalue weighted by Gasteiger charge is 2.13. The number of carbonyl (C=O) groups excluding carboxylic acids is 1. The summed E-state index contributed by atoms with van der Waals surface area (Å²) >= 11 is 1.13. The Balaban J connectivity index is 2.46. The van der Waals surface area contributed by atoms with E-state index < -0.39 is 9.05 Å². The third-order valence-corrected chi connectivity index (χ3v) is 5.85. The molecule has 1 N–H and O–H groups in total. The zero-order chi connectivity index (χ0) is 13.8. The Bertz CT molecular complexity index is 510. The summed E-state index contributed by atoms with van der Waals surface area (Å²) in [4.78, 5) is 12.4. The monoisotopic (exact) mass is 309 g/mol. The first-order valence-electron chi connectivity index (χ1n) is 5.65. The first kappa shape index (κ1) is 15.5. The molecule has 1 aromatic heterocycles. The average molecular weight is 310 g/mol. The van der Waals surface area contributed by atoms with Crippen LogP contribution in [0.25, 0.3) is 0 Å². The summed E-state index contributed by atoms with van der Waals surface area (Å²) in [5, 5.41) is 2.82. The standard InChI is InChI=1S/C11H16ClNO3S2/c1-3-8(2)11(14)13-7-6-9-4-5-10(17-9)18(12,15)16/h4-5,8H,3,6-7H2,1-2H3,(H,13,14). The van der Waals surface area contributed by atoms with Crippen molar-refractivity contribution in [1.29, 1.82) is 0 Å². The van der Waals surface area contributed by atoms with Crippen LogP contribution in [0.3, 0.4) is 0 Å². The van der Waals surface area contributed by atoms with Gasteiger partial charge in [-0.05, 0) is 25.0 Å². The Morgan fingerprint density at radius 1 is 1.50 bits per heavy atom. The van der Waals surface area contributed by atoms with Crippen LogP contribution in [0.4, 0.5) is 0 Å². The molecule has 0 spiro atoms. The quantitative estimate of drug-likeness (QED) is 0.821. The van der Waals surface area contributed by atoms with Gasteiger partial charge in [-0.25, -0.2) is 8.42 Å². The van der Waals surface area contributed by atoms with Crippen LogP contribution >= 0.6 is 22.0 Å². The highest BCUT2D eigenvalue weighted by Crippen LogP contribution is 2.24. The molecule has 1 rings (SSSR count). The van der Waals surface area contributed by atoms with Gasteiger partial charge in [-0.1, -0.05) is 13.8 Å². The van der Waals surface area contributed by atoms with E-state index in [9.17, 15) is 13.2 Å². The maximum Gasteiger partial charge on any atom is 0.270 e. The number of halogens is 1. The lowest BCUT2D eigenvalue weighted by Crippen LogP contribution is -2.30. The molecule has 0 aliphatic carbocycles. The molecule has 0 aliphatic rings. The fourth-order valence-corrected chi connectivity index (χ4v) is 3.41. The minimum atomic E-state index is -3.64. The van der Waals surface area contributed by atoms with Crippen molar-refractivity contribution in [2.24, 2.45) is 5.92 Å². The Morgan fingerprint density at radius 2 is 2.17 bits per heavy atom. The molecule has 4 nitrogen and oxygen atoms in total. The van der Waals surface area contributed by atoms with Gasteiger partial charge in [0.1, 0.15) is 4.21 Å². The van der Waals surface area contributed by atoms with E-state index in [2.05, 4.69) is 5.32 Å². The van der Waals surface area contributed by atoms with Crippen molar-refractivity contribution in [3.05, 3.63) is 17.0 Å². The molecule has 0 radical (unpaired) electrons. The molecule has 0 aromatic carbocycles. The second-order valence-corrected chi connectivity index (χ2v) is 7.97. The summed E-state index contributed by atoms with van der Waals surface area (Å²) in [6.45, 7) is 4.34. The Morgan fingerprint density at radius 3 is 2.67 bits per heavy atom. The maximum atomic E-state index is 11.5. The summed E-state index contributed by atoms with van der Waals surface area (Å²) in [6, 6.07) is 3.20. The van der Waals surface area contributed by atoms with E-state index in [1.807, 2.05) is 13.8 Å². The number of amides is 1. The molecule has 1 atom stereocenters. The van der Waals surface area contributed by atoms with E-state index in [0.29, 0.717) is 13.0 Å². The zero-order valence-corrected chi connectivity index (χ0v) is 12.7. The molecule has 1 aromatic rings. The van der Waals surface area contributed by atoms with Crippen LogP contribution in [-0.4, -0.2) is 20.9 Å². The molecule has 0 saturated heterocycles. The number of hydrogen-bond donors (Lipinski definition) is 1. The normalized spacial score (nSPS) is 13.3. The second-order valence-electron chi connectivity index (χ2n) is 4.01. The average Bonchev–Trinajstić information content (AvgIpc) is 2.76. The fraction of sp³-hybridized carbons (Fsp3) is 0.545. The summed E-state index contributed by atoms with van der Waals surface area (Å²) in [5.41, 5.74) is 0. The van der Waals surface area contributed by atoms with Gasteiger partial charge in [0.05, 0.1) is 0 Å². The molecular weight excluding hydrogens is 294 g/mol. The van der Waals surface area contributed by atoms with Crippen molar-refractivity contribution < 1.29 is 13.2 Å². The first-order chi connectivity index (χ1) is 8.34. The van der Waals surface area contributed by atoms with E-state index in [4.69, 9.17) is 10.7 Å². The summed E-state index contributed by atoms with van der Waals surface area (Å²) in [7, 11) is 1.59. The van der Waals surface area contributed by atoms with Crippen molar-refractivity contribution in [2.45, 2.75) is 30.9 Å². The predicted octanol–water partition coefficient (Wildman–Crippen LogP) is 2.38. The molecule has 7 heteroatoms. The minimum Gasteiger partial charge on any atom is -0.356 e. The second kappa shape index (κ2) is 6.54. The molecule has 0 aliphatic heterocycles. The van der Waals surface area contributed by atoms with Gasteiger partial charge in [0.15, 0.2) is 0 Å². The number of rotatable bonds is 6. The third kappa shape index (κ3) is 4.59. The summed E-state index contributed by atoms with van der Waals surface area (Å²) < 4.78 is 22.3. The molecule has 102 valence electrons. The van der Waals surface area contributed by atoms with Gasteiger partial charge in [0.25, 0.3) is 9.05 Å². The van der Waals surface area contributed by atoms with Gasteiger partial charge < -0.3 is 5.32 Å². The van der Waals surface area contributed by atoms with Crippen LogP contribution in [0, 0.1) is 5.92 Å². The van der Waals surface area contributed by atoms with Crippen LogP contribution < -0.4 is 5.32 Å². The minimum absolute atomic E-state index is 0.00659. The van der Waals surface area contributed by atoms with Crippen molar-refractivity contribution in [1.82, 2.24) is 5.32 Å². The van der Waals surface area contributed by atoms with E-state index in [1.54, 1.807) is 6.07 Å². The molecule has 1 heterocycles. The Kier molecular flexibility index (Phi) is 5.62. The topological polar surface area (TPSA) is 63.2 Å². The van der Waals surface area contributed by atoms with Gasteiger partial charge in [-0.15, -0.1) is 11.3 Å². The van der Waals surface area contributed by atoms with Crippen LogP contribution in [0.2, 0.25) is 0 Å². The first-order valence-corrected chi connectivity index (χ1v) is 8.78. The Hall–Kier alpha value is -0.590. The summed E-state index contributed by atoms with van der Waals surface area (Å²) in [5.74, 6) is 0.0337. The number of thiophene rings is 1. The van der Waals surface area contributed by atoms with Crippen LogP contribution in [0.15, 0.2) is 16.3 Å². The largest absolute Gasteiger partial charge is 0.356 e. The molecule has 0 saturated carbocycles. The molecule has 1 amide bonds. The lowest BCUT2D eigenvalue weighted by atomic mass is 10.1. The molecule has 0 fully saturated rings. The smallest absolute Gasteiger partial charge is 0.270 e. The highest BCUT2D eigenvalue weighted by atomic mass is 35.7. The van der Waals surface area contributed by atoms with Gasteiger partial charge >= 0.3 is 0 Å². The van der Waals surface area contributed by atoms with Gasteiger partial charge in [0, 0.05) is 28.0 Å². The highest BCUT2D eigenvalue weighted by molar-refractivity contribution is 8.15. The van der Waals surface area contributed by atoms with E-state index in [-0.39, 0.29) is 16.0 Å². The van der Waals surface area contributed by atoms with E-state index in [1.165, 1.54) is 6.07 Å². The van der Waals surface area contributed by atoms with Crippen LogP contribution in [0.1, 0.15) is 25.1 Å². The lowest BCUT2D eigenvalue weighted by Gasteiger charge is -2.08. The molecule has 18 heavy (non-hydrogen) atoms. The molecular formula is C11H16ClNO3S2. The van der Waals surface area contributed by atoms with Crippen molar-refractivity contribution in [3.63, 3.8) is 0 Å². The van der Waals surface area contributed by atoms with Crippen molar-refractivity contribution in [2.75, 3.05) is 6.54 Å². The van der Waals surface area contributed by atoms with E-state index >= 15 is 0 Å². The lowest BCUT2D eigenvalue weighted by molar-refractivity contribution is -0.124. The maximum absolute atomic E-state index is 11.5. The zero-order valence-electron chi connectivity index (χ0n) is 10.3. The summed E-state index contributed by atoms with van der Waals surface area (Å²) in [6.07, 6.45) is 1.42. The van der Waals surface area contributed by atoms with Crippen molar-refractivity contribution >= 4 is 37.0 Å². The van der Waals surface area contributed by atoms with Crippen molar-refractivity contribution in [3.8, 4) is 0 Å². The van der Waals surface area contributed by atoms with Crippen LogP contribution in [0.5, 0.6) is 0 Å².